The molecule has 0 radical (unpaired) electrons. The molecule has 0 unspecified atom stereocenters. The molecule has 0 amide bonds. The van der Waals surface area contributed by atoms with E-state index < -0.39 is 11.4 Å². The largest absolute Gasteiger partial charge is 0.466 e. The first-order valence-electron chi connectivity index (χ1n) is 9.14. The van der Waals surface area contributed by atoms with Crippen molar-refractivity contribution >= 4 is 34.4 Å². The van der Waals surface area contributed by atoms with Crippen molar-refractivity contribution in [3.63, 3.8) is 0 Å². The number of ether oxygens (including phenoxy) is 2. The molecule has 0 atom stereocenters. The summed E-state index contributed by atoms with van der Waals surface area (Å²) in [4.78, 5) is 29.5. The van der Waals surface area contributed by atoms with Crippen molar-refractivity contribution in [3.05, 3.63) is 40.0 Å². The van der Waals surface area contributed by atoms with Crippen molar-refractivity contribution < 1.29 is 19.1 Å². The van der Waals surface area contributed by atoms with E-state index in [9.17, 15) is 9.59 Å². The SMILES string of the molecule is CCOC(=O)CCc1c(C(=O)OCC)c(C(C)(C)C)nc2cc(Cl)ccc12. The molecule has 1 aromatic carbocycles. The van der Waals surface area contributed by atoms with E-state index in [0.717, 1.165) is 10.9 Å². The Balaban J connectivity index is 2.73. The molecule has 27 heavy (non-hydrogen) atoms. The van der Waals surface area contributed by atoms with Gasteiger partial charge in [0.1, 0.15) is 0 Å². The van der Waals surface area contributed by atoms with Crippen LogP contribution in [0, 0.1) is 0 Å². The van der Waals surface area contributed by atoms with Gasteiger partial charge in [0.15, 0.2) is 0 Å². The molecule has 0 saturated heterocycles. The van der Waals surface area contributed by atoms with E-state index in [2.05, 4.69) is 0 Å². The van der Waals surface area contributed by atoms with Crippen LogP contribution in [0.15, 0.2) is 18.2 Å². The normalized spacial score (nSPS) is 11.5. The van der Waals surface area contributed by atoms with Crippen LogP contribution in [0.3, 0.4) is 0 Å². The van der Waals surface area contributed by atoms with E-state index in [1.54, 1.807) is 26.0 Å². The number of aryl methyl sites for hydroxylation is 1. The molecule has 0 aliphatic carbocycles. The average molecular weight is 392 g/mol. The molecule has 2 aromatic rings. The Morgan fingerprint density at radius 1 is 1.11 bits per heavy atom. The molecular weight excluding hydrogens is 366 g/mol. The molecule has 0 bridgehead atoms. The van der Waals surface area contributed by atoms with E-state index in [-0.39, 0.29) is 19.0 Å². The van der Waals surface area contributed by atoms with E-state index in [1.165, 1.54) is 0 Å². The Kier molecular flexibility index (Phi) is 6.82. The summed E-state index contributed by atoms with van der Waals surface area (Å²) in [5.74, 6) is -0.728. The van der Waals surface area contributed by atoms with Crippen LogP contribution in [0.4, 0.5) is 0 Å². The lowest BCUT2D eigenvalue weighted by Crippen LogP contribution is -2.23. The molecule has 5 nitrogen and oxygen atoms in total. The summed E-state index contributed by atoms with van der Waals surface area (Å²) in [7, 11) is 0. The number of fused-ring (bicyclic) bond motifs is 1. The van der Waals surface area contributed by atoms with Crippen LogP contribution in [0.25, 0.3) is 10.9 Å². The van der Waals surface area contributed by atoms with Crippen molar-refractivity contribution in [3.8, 4) is 0 Å². The van der Waals surface area contributed by atoms with Crippen molar-refractivity contribution in [1.29, 1.82) is 0 Å². The number of hydrogen-bond acceptors (Lipinski definition) is 5. The highest BCUT2D eigenvalue weighted by Crippen LogP contribution is 2.33. The zero-order valence-electron chi connectivity index (χ0n) is 16.5. The monoisotopic (exact) mass is 391 g/mol. The highest BCUT2D eigenvalue weighted by atomic mass is 35.5. The molecule has 0 spiro atoms. The fourth-order valence-corrected chi connectivity index (χ4v) is 3.16. The third-order valence-electron chi connectivity index (χ3n) is 4.13. The van der Waals surface area contributed by atoms with Crippen LogP contribution in [-0.4, -0.2) is 30.1 Å². The van der Waals surface area contributed by atoms with Gasteiger partial charge >= 0.3 is 11.9 Å². The number of nitrogens with zero attached hydrogens (tertiary/aromatic N) is 1. The van der Waals surface area contributed by atoms with Gasteiger partial charge < -0.3 is 9.47 Å². The van der Waals surface area contributed by atoms with Crippen molar-refractivity contribution in [2.75, 3.05) is 13.2 Å². The van der Waals surface area contributed by atoms with Gasteiger partial charge in [0.05, 0.1) is 30.0 Å². The van der Waals surface area contributed by atoms with Crippen LogP contribution < -0.4 is 0 Å². The lowest BCUT2D eigenvalue weighted by atomic mass is 9.84. The number of rotatable bonds is 6. The second-order valence-corrected chi connectivity index (χ2v) is 7.69. The molecule has 0 aliphatic rings. The molecule has 1 heterocycles. The van der Waals surface area contributed by atoms with E-state index in [1.807, 2.05) is 26.8 Å². The Hall–Kier alpha value is -2.14. The number of aromatic nitrogens is 1. The number of carbonyl (C=O) groups is 2. The third-order valence-corrected chi connectivity index (χ3v) is 4.37. The van der Waals surface area contributed by atoms with E-state index in [0.29, 0.717) is 34.8 Å². The summed E-state index contributed by atoms with van der Waals surface area (Å²) < 4.78 is 10.4. The molecule has 6 heteroatoms. The standard InChI is InChI=1S/C21H26ClNO4/c1-6-26-17(24)11-10-15-14-9-8-13(22)12-16(14)23-19(21(3,4)5)18(15)20(25)27-7-2/h8-9,12H,6-7,10-11H2,1-5H3. The van der Waals surface area contributed by atoms with Crippen LogP contribution in [0.1, 0.15) is 62.7 Å². The van der Waals surface area contributed by atoms with Gasteiger partial charge in [0.25, 0.3) is 0 Å². The number of pyridine rings is 1. The van der Waals surface area contributed by atoms with Gasteiger partial charge in [-0.25, -0.2) is 4.79 Å². The summed E-state index contributed by atoms with van der Waals surface area (Å²) in [6, 6.07) is 5.36. The molecule has 0 N–H and O–H groups in total. The second kappa shape index (κ2) is 8.70. The predicted molar refractivity (Wildman–Crippen MR) is 106 cm³/mol. The minimum absolute atomic E-state index is 0.172. The summed E-state index contributed by atoms with van der Waals surface area (Å²) in [6.07, 6.45) is 0.530. The lowest BCUT2D eigenvalue weighted by molar-refractivity contribution is -0.143. The number of carbonyl (C=O) groups excluding carboxylic acids is 2. The van der Waals surface area contributed by atoms with Crippen LogP contribution in [-0.2, 0) is 26.1 Å². The Bertz CT molecular complexity index is 855. The van der Waals surface area contributed by atoms with Crippen LogP contribution in [0.5, 0.6) is 0 Å². The molecule has 146 valence electrons. The summed E-state index contributed by atoms with van der Waals surface area (Å²) >= 11 is 6.15. The second-order valence-electron chi connectivity index (χ2n) is 7.25. The number of hydrogen-bond donors (Lipinski definition) is 0. The Morgan fingerprint density at radius 3 is 2.37 bits per heavy atom. The number of halogens is 1. The summed E-state index contributed by atoms with van der Waals surface area (Å²) in [5, 5.41) is 1.36. The molecular formula is C21H26ClNO4. The van der Waals surface area contributed by atoms with Crippen molar-refractivity contribution in [1.82, 2.24) is 4.98 Å². The predicted octanol–water partition coefficient (Wildman–Crippen LogP) is 4.86. The van der Waals surface area contributed by atoms with Gasteiger partial charge in [0.2, 0.25) is 0 Å². The highest BCUT2D eigenvalue weighted by Gasteiger charge is 2.29. The lowest BCUT2D eigenvalue weighted by Gasteiger charge is -2.24. The fourth-order valence-electron chi connectivity index (χ4n) is 2.99. The van der Waals surface area contributed by atoms with Crippen molar-refractivity contribution in [2.24, 2.45) is 0 Å². The zero-order valence-corrected chi connectivity index (χ0v) is 17.3. The first kappa shape index (κ1) is 21.2. The third kappa shape index (κ3) is 4.98. The van der Waals surface area contributed by atoms with Gasteiger partial charge in [-0.3, -0.25) is 9.78 Å². The topological polar surface area (TPSA) is 65.5 Å². The maximum atomic E-state index is 12.8. The van der Waals surface area contributed by atoms with Crippen molar-refractivity contribution in [2.45, 2.75) is 52.9 Å². The van der Waals surface area contributed by atoms with Crippen LogP contribution >= 0.6 is 11.6 Å². The number of benzene rings is 1. The minimum Gasteiger partial charge on any atom is -0.466 e. The zero-order chi connectivity index (χ0) is 20.2. The van der Waals surface area contributed by atoms with E-state index >= 15 is 0 Å². The molecule has 2 rings (SSSR count). The van der Waals surface area contributed by atoms with E-state index in [4.69, 9.17) is 26.1 Å². The average Bonchev–Trinajstić information content (AvgIpc) is 2.58. The minimum atomic E-state index is -0.425. The maximum Gasteiger partial charge on any atom is 0.340 e. The maximum absolute atomic E-state index is 12.8. The van der Waals surface area contributed by atoms with Gasteiger partial charge in [-0.15, -0.1) is 0 Å². The van der Waals surface area contributed by atoms with Gasteiger partial charge in [-0.1, -0.05) is 38.4 Å². The summed E-state index contributed by atoms with van der Waals surface area (Å²) in [5.41, 5.74) is 2.11. The quantitative estimate of drug-likeness (QED) is 0.658. The first-order chi connectivity index (χ1) is 12.7. The molecule has 0 aliphatic heterocycles. The highest BCUT2D eigenvalue weighted by molar-refractivity contribution is 6.31. The first-order valence-corrected chi connectivity index (χ1v) is 9.52. The Morgan fingerprint density at radius 2 is 1.78 bits per heavy atom. The smallest absolute Gasteiger partial charge is 0.340 e. The Labute approximate surface area is 165 Å². The molecule has 1 aromatic heterocycles. The fraction of sp³-hybridized carbons (Fsp3) is 0.476. The van der Waals surface area contributed by atoms with Gasteiger partial charge in [-0.05, 0) is 38.0 Å². The molecule has 0 saturated carbocycles. The summed E-state index contributed by atoms with van der Waals surface area (Å²) in [6.45, 7) is 10.1. The van der Waals surface area contributed by atoms with Crippen LogP contribution in [0.2, 0.25) is 5.02 Å². The molecule has 0 fully saturated rings. The van der Waals surface area contributed by atoms with Gasteiger partial charge in [-0.2, -0.15) is 0 Å². The van der Waals surface area contributed by atoms with Gasteiger partial charge in [0, 0.05) is 22.2 Å². The number of esters is 2.